The van der Waals surface area contributed by atoms with Crippen LogP contribution in [0.5, 0.6) is 0 Å². The Kier molecular flexibility index (Phi) is 6.93. The molecule has 0 radical (unpaired) electrons. The van der Waals surface area contributed by atoms with E-state index >= 15 is 0 Å². The highest BCUT2D eigenvalue weighted by Crippen LogP contribution is 2.46. The summed E-state index contributed by atoms with van der Waals surface area (Å²) in [6.45, 7) is 9.65. The number of nitrogens with zero attached hydrogens (tertiary/aromatic N) is 4. The summed E-state index contributed by atoms with van der Waals surface area (Å²) in [5.41, 5.74) is 0. The molecule has 7 nitrogen and oxygen atoms in total. The van der Waals surface area contributed by atoms with Crippen molar-refractivity contribution in [2.24, 2.45) is 17.8 Å². The van der Waals surface area contributed by atoms with Crippen molar-refractivity contribution >= 4 is 6.47 Å². The van der Waals surface area contributed by atoms with Gasteiger partial charge in [0.05, 0.1) is 25.5 Å². The van der Waals surface area contributed by atoms with Crippen LogP contribution in [0.1, 0.15) is 64.7 Å². The van der Waals surface area contributed by atoms with Gasteiger partial charge in [0.1, 0.15) is 6.10 Å². The molecule has 10 unspecified atom stereocenters. The third-order valence-electron chi connectivity index (χ3n) is 10.4. The first-order valence-electron chi connectivity index (χ1n) is 14.3. The molecule has 0 amide bonds. The lowest BCUT2D eigenvalue weighted by Gasteiger charge is -2.63. The normalized spacial score (nSPS) is 47.8. The first kappa shape index (κ1) is 23.7. The third kappa shape index (κ3) is 4.34. The molecule has 6 rings (SSSR count). The lowest BCUT2D eigenvalue weighted by molar-refractivity contribution is -0.191. The maximum atomic E-state index is 11.5. The second kappa shape index (κ2) is 9.97. The van der Waals surface area contributed by atoms with Gasteiger partial charge in [0, 0.05) is 56.0 Å². The largest absolute Gasteiger partial charge is 0.464 e. The van der Waals surface area contributed by atoms with Gasteiger partial charge in [0.2, 0.25) is 0 Å². The Morgan fingerprint density at radius 3 is 2.47 bits per heavy atom. The minimum atomic E-state index is 0.0403. The van der Waals surface area contributed by atoms with Crippen molar-refractivity contribution in [2.75, 3.05) is 46.6 Å². The van der Waals surface area contributed by atoms with Gasteiger partial charge >= 0.3 is 0 Å². The van der Waals surface area contributed by atoms with Crippen LogP contribution in [0.25, 0.3) is 0 Å². The molecule has 2 bridgehead atoms. The van der Waals surface area contributed by atoms with E-state index in [1.54, 1.807) is 0 Å². The molecule has 0 spiro atoms. The number of ether oxygens (including phenoxy) is 2. The number of carbonyl (C=O) groups excluding carboxylic acids is 1. The Hall–Kier alpha value is -0.730. The molecule has 3 heterocycles. The summed E-state index contributed by atoms with van der Waals surface area (Å²) in [4.78, 5) is 22.2. The number of fused-ring (bicyclic) bond motifs is 8. The molecule has 0 aromatic rings. The molecule has 0 N–H and O–H groups in total. The maximum absolute atomic E-state index is 11.5. The highest BCUT2D eigenvalue weighted by Gasteiger charge is 2.56. The molecule has 3 saturated carbocycles. The molecule has 3 saturated heterocycles. The van der Waals surface area contributed by atoms with Crippen LogP contribution in [0.15, 0.2) is 0 Å². The topological polar surface area (TPSA) is 48.5 Å². The van der Waals surface area contributed by atoms with E-state index in [2.05, 4.69) is 33.6 Å². The smallest absolute Gasteiger partial charge is 0.293 e. The fraction of sp³-hybridized carbons (Fsp3) is 0.963. The lowest BCUT2D eigenvalue weighted by atomic mass is 9.67. The zero-order valence-corrected chi connectivity index (χ0v) is 21.4. The van der Waals surface area contributed by atoms with Crippen molar-refractivity contribution in [3.63, 3.8) is 0 Å². The zero-order chi connectivity index (χ0) is 23.2. The van der Waals surface area contributed by atoms with E-state index < -0.39 is 0 Å². The van der Waals surface area contributed by atoms with E-state index in [9.17, 15) is 4.79 Å². The molecular weight excluding hydrogens is 428 g/mol. The SMILES string of the molecule is CCN1CN(C)CC2C(OC=O)CC3C(CN4CN3CC3CC(OC5CCCCC5)CCC34)C21. The van der Waals surface area contributed by atoms with Crippen LogP contribution < -0.4 is 0 Å². The van der Waals surface area contributed by atoms with Gasteiger partial charge in [0.15, 0.2) is 0 Å². The van der Waals surface area contributed by atoms with Gasteiger partial charge in [-0.2, -0.15) is 0 Å². The Bertz CT molecular complexity index is 718. The molecule has 3 aliphatic carbocycles. The number of hydrogen-bond donors (Lipinski definition) is 0. The van der Waals surface area contributed by atoms with E-state index in [0.29, 0.717) is 42.6 Å². The fourth-order valence-corrected chi connectivity index (χ4v) is 9.01. The Morgan fingerprint density at radius 2 is 1.68 bits per heavy atom. The van der Waals surface area contributed by atoms with Gasteiger partial charge in [-0.3, -0.25) is 24.4 Å². The summed E-state index contributed by atoms with van der Waals surface area (Å²) in [6, 6.07) is 1.77. The molecule has 34 heavy (non-hydrogen) atoms. The Morgan fingerprint density at radius 1 is 0.853 bits per heavy atom. The summed E-state index contributed by atoms with van der Waals surface area (Å²) in [5, 5.41) is 0. The van der Waals surface area contributed by atoms with E-state index in [0.717, 1.165) is 44.8 Å². The molecule has 0 aromatic heterocycles. The second-order valence-electron chi connectivity index (χ2n) is 12.3. The van der Waals surface area contributed by atoms with Crippen LogP contribution >= 0.6 is 0 Å². The first-order valence-corrected chi connectivity index (χ1v) is 14.3. The Labute approximate surface area is 206 Å². The molecule has 3 aliphatic heterocycles. The maximum Gasteiger partial charge on any atom is 0.293 e. The van der Waals surface area contributed by atoms with E-state index in [1.165, 1.54) is 64.5 Å². The van der Waals surface area contributed by atoms with Crippen LogP contribution in [-0.2, 0) is 14.3 Å². The van der Waals surface area contributed by atoms with Crippen molar-refractivity contribution in [3.8, 4) is 0 Å². The predicted molar refractivity (Wildman–Crippen MR) is 131 cm³/mol. The van der Waals surface area contributed by atoms with Crippen LogP contribution in [0.4, 0.5) is 0 Å². The molecule has 6 fully saturated rings. The summed E-state index contributed by atoms with van der Waals surface area (Å²) in [5.74, 6) is 1.79. The minimum absolute atomic E-state index is 0.0403. The molecule has 0 aromatic carbocycles. The predicted octanol–water partition coefficient (Wildman–Crippen LogP) is 2.60. The first-order chi connectivity index (χ1) is 16.6. The number of carbonyl (C=O) groups is 1. The quantitative estimate of drug-likeness (QED) is 0.568. The van der Waals surface area contributed by atoms with Crippen molar-refractivity contribution in [1.82, 2.24) is 19.6 Å². The Balaban J connectivity index is 1.18. The van der Waals surface area contributed by atoms with Gasteiger partial charge in [-0.05, 0) is 51.6 Å². The average Bonchev–Trinajstić information content (AvgIpc) is 2.85. The molecule has 7 heteroatoms. The van der Waals surface area contributed by atoms with E-state index in [1.807, 2.05) is 0 Å². The van der Waals surface area contributed by atoms with Crippen molar-refractivity contribution in [2.45, 2.75) is 101 Å². The third-order valence-corrected chi connectivity index (χ3v) is 10.4. The van der Waals surface area contributed by atoms with Crippen molar-refractivity contribution in [1.29, 1.82) is 0 Å². The highest BCUT2D eigenvalue weighted by molar-refractivity contribution is 5.38. The number of rotatable bonds is 5. The molecule has 6 aliphatic rings. The second-order valence-corrected chi connectivity index (χ2v) is 12.3. The van der Waals surface area contributed by atoms with Crippen molar-refractivity contribution < 1.29 is 14.3 Å². The van der Waals surface area contributed by atoms with Gasteiger partial charge in [0.25, 0.3) is 6.47 Å². The summed E-state index contributed by atoms with van der Waals surface area (Å²) < 4.78 is 12.5. The van der Waals surface area contributed by atoms with Crippen molar-refractivity contribution in [3.05, 3.63) is 0 Å². The summed E-state index contributed by atoms with van der Waals surface area (Å²) in [6.07, 6.45) is 12.5. The van der Waals surface area contributed by atoms with Crippen LogP contribution in [0.3, 0.4) is 0 Å². The van der Waals surface area contributed by atoms with Crippen LogP contribution in [0, 0.1) is 17.8 Å². The standard InChI is InChI=1S/C27H46N4O3/c1-3-29-16-28(2)14-23-26(33-18-32)12-25-22(27(23)29)15-31-17-30(25)13-19-11-21(9-10-24(19)31)34-20-7-5-4-6-8-20/h18-27H,3-17H2,1-2H3. The fourth-order valence-electron chi connectivity index (χ4n) is 9.01. The summed E-state index contributed by atoms with van der Waals surface area (Å²) in [7, 11) is 2.21. The summed E-state index contributed by atoms with van der Waals surface area (Å²) >= 11 is 0. The van der Waals surface area contributed by atoms with Crippen LogP contribution in [0.2, 0.25) is 0 Å². The molecule has 192 valence electrons. The van der Waals surface area contributed by atoms with Gasteiger partial charge in [-0.15, -0.1) is 0 Å². The number of hydrogen-bond acceptors (Lipinski definition) is 7. The molecular formula is C27H46N4O3. The molecule has 10 atom stereocenters. The van der Waals surface area contributed by atoms with Gasteiger partial charge in [-0.1, -0.05) is 26.2 Å². The zero-order valence-electron chi connectivity index (χ0n) is 21.4. The van der Waals surface area contributed by atoms with Crippen LogP contribution in [-0.4, -0.2) is 109 Å². The van der Waals surface area contributed by atoms with Gasteiger partial charge < -0.3 is 9.47 Å². The van der Waals surface area contributed by atoms with Gasteiger partial charge in [-0.25, -0.2) is 0 Å². The average molecular weight is 475 g/mol. The highest BCUT2D eigenvalue weighted by atomic mass is 16.5. The van der Waals surface area contributed by atoms with E-state index in [4.69, 9.17) is 9.47 Å². The monoisotopic (exact) mass is 474 g/mol. The minimum Gasteiger partial charge on any atom is -0.464 e. The van der Waals surface area contributed by atoms with E-state index in [-0.39, 0.29) is 6.10 Å². The lowest BCUT2D eigenvalue weighted by Crippen LogP contribution is -2.74.